The van der Waals surface area contributed by atoms with Gasteiger partial charge in [0.05, 0.1) is 0 Å². The van der Waals surface area contributed by atoms with Crippen LogP contribution in [-0.2, 0) is 0 Å². The molecule has 2 fully saturated rings. The smallest absolute Gasteiger partial charge is 0.0474 e. The maximum atomic E-state index is 6.16. The first-order chi connectivity index (χ1) is 9.79. The minimum atomic E-state index is 0.333. The zero-order valence-electron chi connectivity index (χ0n) is 12.1. The van der Waals surface area contributed by atoms with E-state index in [0.29, 0.717) is 12.6 Å². The Kier molecular flexibility index (Phi) is 4.65. The van der Waals surface area contributed by atoms with Crippen molar-refractivity contribution in [3.05, 3.63) is 34.9 Å². The summed E-state index contributed by atoms with van der Waals surface area (Å²) in [6.45, 7) is 1.87. The Labute approximate surface area is 127 Å². The second-order valence-corrected chi connectivity index (χ2v) is 6.73. The molecule has 1 aliphatic heterocycles. The van der Waals surface area contributed by atoms with Crippen molar-refractivity contribution in [1.82, 2.24) is 4.90 Å². The molecular formula is C17H25ClN2. The van der Waals surface area contributed by atoms with Gasteiger partial charge in [-0.2, -0.15) is 0 Å². The quantitative estimate of drug-likeness (QED) is 0.912. The Hall–Kier alpha value is -0.570. The van der Waals surface area contributed by atoms with Gasteiger partial charge in [0.15, 0.2) is 0 Å². The molecule has 1 aromatic rings. The van der Waals surface area contributed by atoms with Crippen molar-refractivity contribution in [3.8, 4) is 0 Å². The number of likely N-dealkylation sites (tertiary alicyclic amines) is 1. The number of fused-ring (bicyclic) bond motifs is 1. The van der Waals surface area contributed by atoms with Gasteiger partial charge < -0.3 is 5.73 Å². The summed E-state index contributed by atoms with van der Waals surface area (Å²) in [6.07, 6.45) is 8.28. The van der Waals surface area contributed by atoms with E-state index in [1.54, 1.807) is 0 Å². The first-order valence-electron chi connectivity index (χ1n) is 8.01. The normalized spacial score (nSPS) is 28.9. The van der Waals surface area contributed by atoms with Crippen LogP contribution in [0, 0.1) is 5.92 Å². The number of hydrogen-bond acceptors (Lipinski definition) is 2. The first-order valence-corrected chi connectivity index (χ1v) is 8.38. The molecule has 3 atom stereocenters. The van der Waals surface area contributed by atoms with Crippen molar-refractivity contribution in [1.29, 1.82) is 0 Å². The Balaban J connectivity index is 1.84. The van der Waals surface area contributed by atoms with Gasteiger partial charge in [-0.1, -0.05) is 36.6 Å². The van der Waals surface area contributed by atoms with Crippen LogP contribution in [0.2, 0.25) is 5.02 Å². The van der Waals surface area contributed by atoms with Crippen LogP contribution in [-0.4, -0.2) is 24.0 Å². The molecule has 0 radical (unpaired) electrons. The van der Waals surface area contributed by atoms with E-state index in [1.165, 1.54) is 50.6 Å². The lowest BCUT2D eigenvalue weighted by atomic mass is 9.77. The Morgan fingerprint density at radius 2 is 2.00 bits per heavy atom. The summed E-state index contributed by atoms with van der Waals surface area (Å²) >= 11 is 6.16. The molecular weight excluding hydrogens is 268 g/mol. The summed E-state index contributed by atoms with van der Waals surface area (Å²) in [4.78, 5) is 2.68. The summed E-state index contributed by atoms with van der Waals surface area (Å²) in [7, 11) is 0. The molecule has 2 N–H and O–H groups in total. The van der Waals surface area contributed by atoms with Gasteiger partial charge in [-0.15, -0.1) is 0 Å². The van der Waals surface area contributed by atoms with Gasteiger partial charge in [-0.25, -0.2) is 0 Å². The lowest BCUT2D eigenvalue weighted by Gasteiger charge is -2.47. The van der Waals surface area contributed by atoms with Crippen LogP contribution in [0.3, 0.4) is 0 Å². The van der Waals surface area contributed by atoms with Gasteiger partial charge in [0.25, 0.3) is 0 Å². The molecule has 20 heavy (non-hydrogen) atoms. The monoisotopic (exact) mass is 292 g/mol. The topological polar surface area (TPSA) is 29.3 Å². The highest BCUT2D eigenvalue weighted by molar-refractivity contribution is 6.30. The van der Waals surface area contributed by atoms with E-state index in [9.17, 15) is 0 Å². The second-order valence-electron chi connectivity index (χ2n) is 6.30. The van der Waals surface area contributed by atoms with E-state index in [-0.39, 0.29) is 0 Å². The molecule has 110 valence electrons. The third-order valence-corrected chi connectivity index (χ3v) is 5.38. The van der Waals surface area contributed by atoms with Crippen molar-refractivity contribution in [2.45, 2.75) is 50.6 Å². The molecule has 0 bridgehead atoms. The van der Waals surface area contributed by atoms with E-state index in [2.05, 4.69) is 17.0 Å². The third kappa shape index (κ3) is 2.88. The average Bonchev–Trinajstić information content (AvgIpc) is 2.48. The zero-order valence-corrected chi connectivity index (χ0v) is 12.9. The second kappa shape index (κ2) is 6.46. The number of nitrogens with two attached hydrogens (primary N) is 1. The van der Waals surface area contributed by atoms with Gasteiger partial charge in [-0.05, 0) is 55.8 Å². The predicted octanol–water partition coefficient (Wildman–Crippen LogP) is 3.99. The molecule has 1 saturated heterocycles. The highest BCUT2D eigenvalue weighted by Crippen LogP contribution is 2.39. The van der Waals surface area contributed by atoms with Crippen molar-refractivity contribution >= 4 is 11.6 Å². The van der Waals surface area contributed by atoms with Crippen LogP contribution < -0.4 is 5.73 Å². The summed E-state index contributed by atoms with van der Waals surface area (Å²) in [5.41, 5.74) is 7.41. The van der Waals surface area contributed by atoms with Crippen LogP contribution in [0.25, 0.3) is 0 Å². The maximum Gasteiger partial charge on any atom is 0.0474 e. The van der Waals surface area contributed by atoms with Gasteiger partial charge in [0.2, 0.25) is 0 Å². The molecule has 2 nitrogen and oxygen atoms in total. The summed E-state index contributed by atoms with van der Waals surface area (Å²) in [6, 6.07) is 9.33. The molecule has 3 heteroatoms. The molecule has 0 amide bonds. The van der Waals surface area contributed by atoms with E-state index in [4.69, 9.17) is 17.3 Å². The maximum absolute atomic E-state index is 6.16. The molecule has 0 aromatic heterocycles. The SMILES string of the molecule is NCC(c1cccc(Cl)c1)N1CCC[C@H]2CCCC[C@H]21. The minimum Gasteiger partial charge on any atom is -0.329 e. The van der Waals surface area contributed by atoms with Crippen molar-refractivity contribution in [3.63, 3.8) is 0 Å². The Morgan fingerprint density at radius 1 is 1.20 bits per heavy atom. The molecule has 1 aromatic carbocycles. The molecule has 1 unspecified atom stereocenters. The van der Waals surface area contributed by atoms with Gasteiger partial charge in [-0.3, -0.25) is 4.90 Å². The highest BCUT2D eigenvalue weighted by atomic mass is 35.5. The van der Waals surface area contributed by atoms with E-state index < -0.39 is 0 Å². The number of piperidine rings is 1. The molecule has 2 aliphatic rings. The van der Waals surface area contributed by atoms with Crippen LogP contribution in [0.1, 0.15) is 50.1 Å². The Bertz CT molecular complexity index is 446. The largest absolute Gasteiger partial charge is 0.329 e. The summed E-state index contributed by atoms with van der Waals surface area (Å²) < 4.78 is 0. The van der Waals surface area contributed by atoms with E-state index in [0.717, 1.165) is 17.0 Å². The number of benzene rings is 1. The number of halogens is 1. The first kappa shape index (κ1) is 14.4. The van der Waals surface area contributed by atoms with Crippen LogP contribution in [0.4, 0.5) is 0 Å². The average molecular weight is 293 g/mol. The fourth-order valence-electron chi connectivity index (χ4n) is 4.23. The van der Waals surface area contributed by atoms with Crippen LogP contribution in [0.5, 0.6) is 0 Å². The molecule has 3 rings (SSSR count). The highest BCUT2D eigenvalue weighted by Gasteiger charge is 2.36. The summed E-state index contributed by atoms with van der Waals surface area (Å²) in [5.74, 6) is 0.894. The van der Waals surface area contributed by atoms with Gasteiger partial charge in [0.1, 0.15) is 0 Å². The van der Waals surface area contributed by atoms with E-state index >= 15 is 0 Å². The van der Waals surface area contributed by atoms with Crippen LogP contribution >= 0.6 is 11.6 Å². The van der Waals surface area contributed by atoms with Crippen molar-refractivity contribution in [2.24, 2.45) is 11.7 Å². The zero-order chi connectivity index (χ0) is 13.9. The standard InChI is InChI=1S/C17H25ClN2/c18-15-8-3-6-14(11-15)17(12-19)20-10-4-7-13-5-1-2-9-16(13)20/h3,6,8,11,13,16-17H,1-2,4-5,7,9-10,12,19H2/t13-,16-,17?/m1/s1. The lowest BCUT2D eigenvalue weighted by molar-refractivity contribution is 0.0276. The van der Waals surface area contributed by atoms with Gasteiger partial charge in [0, 0.05) is 23.7 Å². The fourth-order valence-corrected chi connectivity index (χ4v) is 4.43. The van der Waals surface area contributed by atoms with E-state index in [1.807, 2.05) is 12.1 Å². The predicted molar refractivity (Wildman–Crippen MR) is 84.9 cm³/mol. The number of rotatable bonds is 3. The Morgan fingerprint density at radius 3 is 2.80 bits per heavy atom. The third-order valence-electron chi connectivity index (χ3n) is 5.14. The number of hydrogen-bond donors (Lipinski definition) is 1. The molecule has 1 heterocycles. The van der Waals surface area contributed by atoms with Crippen molar-refractivity contribution in [2.75, 3.05) is 13.1 Å². The summed E-state index contributed by atoms with van der Waals surface area (Å²) in [5, 5.41) is 0.818. The molecule has 1 saturated carbocycles. The fraction of sp³-hybridized carbons (Fsp3) is 0.647. The lowest BCUT2D eigenvalue weighted by Crippen LogP contribution is -2.49. The van der Waals surface area contributed by atoms with Crippen LogP contribution in [0.15, 0.2) is 24.3 Å². The number of nitrogens with zero attached hydrogens (tertiary/aromatic N) is 1. The van der Waals surface area contributed by atoms with Gasteiger partial charge >= 0.3 is 0 Å². The minimum absolute atomic E-state index is 0.333. The molecule has 1 aliphatic carbocycles. The van der Waals surface area contributed by atoms with Crippen molar-refractivity contribution < 1.29 is 0 Å². The molecule has 0 spiro atoms.